The molecule has 4 heteroatoms. The van der Waals surface area contributed by atoms with Crippen molar-refractivity contribution in [3.8, 4) is 0 Å². The second kappa shape index (κ2) is 8.74. The zero-order valence-corrected chi connectivity index (χ0v) is 14.3. The van der Waals surface area contributed by atoms with Crippen molar-refractivity contribution >= 4 is 5.91 Å². The molecular weight excluding hydrogens is 264 g/mol. The molecule has 3 N–H and O–H groups in total. The van der Waals surface area contributed by atoms with Crippen LogP contribution in [0.15, 0.2) is 0 Å². The van der Waals surface area contributed by atoms with E-state index in [1.54, 1.807) is 0 Å². The number of unbranched alkanes of at least 4 members (excludes halogenated alkanes) is 3. The van der Waals surface area contributed by atoms with E-state index < -0.39 is 5.54 Å². The summed E-state index contributed by atoms with van der Waals surface area (Å²) in [5, 5.41) is 3.38. The van der Waals surface area contributed by atoms with Crippen molar-refractivity contribution in [1.82, 2.24) is 5.32 Å². The summed E-state index contributed by atoms with van der Waals surface area (Å²) in [5.41, 5.74) is 4.93. The molecule has 0 aliphatic heterocycles. The van der Waals surface area contributed by atoms with E-state index in [-0.39, 0.29) is 18.1 Å². The number of rotatable bonds is 12. The standard InChI is InChI=1S/C17H34N2O2/c1-5-6-7-8-9-13(2)21-14(3)12-17(4,16(18)20)19-15-10-11-15/h13-15,19H,5-12H2,1-4H3,(H2,18,20). The van der Waals surface area contributed by atoms with Crippen LogP contribution in [0.5, 0.6) is 0 Å². The fourth-order valence-corrected chi connectivity index (χ4v) is 2.86. The van der Waals surface area contributed by atoms with Crippen molar-refractivity contribution in [3.63, 3.8) is 0 Å². The number of primary amides is 1. The number of carbonyl (C=O) groups is 1. The van der Waals surface area contributed by atoms with Crippen LogP contribution in [-0.4, -0.2) is 29.7 Å². The van der Waals surface area contributed by atoms with Gasteiger partial charge in [0.25, 0.3) is 0 Å². The Bertz CT molecular complexity index is 318. The maximum absolute atomic E-state index is 11.8. The van der Waals surface area contributed by atoms with Gasteiger partial charge in [-0.2, -0.15) is 0 Å². The van der Waals surface area contributed by atoms with Crippen molar-refractivity contribution in [2.75, 3.05) is 0 Å². The molecule has 1 fully saturated rings. The molecule has 4 nitrogen and oxygen atoms in total. The molecule has 0 radical (unpaired) electrons. The van der Waals surface area contributed by atoms with Gasteiger partial charge < -0.3 is 15.8 Å². The fraction of sp³-hybridized carbons (Fsp3) is 0.941. The minimum atomic E-state index is -0.650. The smallest absolute Gasteiger partial charge is 0.237 e. The van der Waals surface area contributed by atoms with Crippen molar-refractivity contribution in [1.29, 1.82) is 0 Å². The lowest BCUT2D eigenvalue weighted by Gasteiger charge is -2.31. The second-order valence-corrected chi connectivity index (χ2v) is 6.93. The van der Waals surface area contributed by atoms with E-state index in [1.165, 1.54) is 25.7 Å². The summed E-state index contributed by atoms with van der Waals surface area (Å²) in [5.74, 6) is -0.277. The Balaban J connectivity index is 2.31. The predicted molar refractivity (Wildman–Crippen MR) is 87.1 cm³/mol. The highest BCUT2D eigenvalue weighted by atomic mass is 16.5. The van der Waals surface area contributed by atoms with Crippen LogP contribution >= 0.6 is 0 Å². The van der Waals surface area contributed by atoms with Gasteiger partial charge in [0.2, 0.25) is 5.91 Å². The Morgan fingerprint density at radius 1 is 1.29 bits per heavy atom. The third-order valence-electron chi connectivity index (χ3n) is 4.27. The third kappa shape index (κ3) is 7.28. The van der Waals surface area contributed by atoms with Gasteiger partial charge in [0.15, 0.2) is 0 Å². The van der Waals surface area contributed by atoms with Crippen LogP contribution in [0.3, 0.4) is 0 Å². The summed E-state index contributed by atoms with van der Waals surface area (Å²) >= 11 is 0. The maximum Gasteiger partial charge on any atom is 0.237 e. The van der Waals surface area contributed by atoms with Crippen LogP contribution in [0, 0.1) is 0 Å². The van der Waals surface area contributed by atoms with Gasteiger partial charge in [-0.15, -0.1) is 0 Å². The number of hydrogen-bond acceptors (Lipinski definition) is 3. The minimum Gasteiger partial charge on any atom is -0.375 e. The van der Waals surface area contributed by atoms with Crippen molar-refractivity contribution in [3.05, 3.63) is 0 Å². The average Bonchev–Trinajstić information content (AvgIpc) is 3.17. The molecule has 1 aliphatic rings. The van der Waals surface area contributed by atoms with E-state index in [4.69, 9.17) is 10.5 Å². The van der Waals surface area contributed by atoms with E-state index in [2.05, 4.69) is 19.2 Å². The number of hydrogen-bond donors (Lipinski definition) is 2. The van der Waals surface area contributed by atoms with Gasteiger partial charge in [-0.05, 0) is 40.0 Å². The molecular formula is C17H34N2O2. The molecule has 0 aromatic heterocycles. The molecule has 0 bridgehead atoms. The summed E-state index contributed by atoms with van der Waals surface area (Å²) in [6.45, 7) is 8.29. The first-order valence-corrected chi connectivity index (χ1v) is 8.60. The molecule has 1 saturated carbocycles. The first-order chi connectivity index (χ1) is 9.87. The zero-order valence-electron chi connectivity index (χ0n) is 14.3. The monoisotopic (exact) mass is 298 g/mol. The summed E-state index contributed by atoms with van der Waals surface area (Å²) in [6, 6.07) is 0.459. The van der Waals surface area contributed by atoms with Gasteiger partial charge >= 0.3 is 0 Å². The van der Waals surface area contributed by atoms with Gasteiger partial charge in [0, 0.05) is 12.5 Å². The molecule has 1 aliphatic carbocycles. The lowest BCUT2D eigenvalue weighted by atomic mass is 9.93. The van der Waals surface area contributed by atoms with Gasteiger partial charge in [0.05, 0.1) is 17.7 Å². The molecule has 3 unspecified atom stereocenters. The minimum absolute atomic E-state index is 0.0370. The Morgan fingerprint density at radius 3 is 2.48 bits per heavy atom. The van der Waals surface area contributed by atoms with E-state index in [0.717, 1.165) is 19.3 Å². The molecule has 0 aromatic rings. The Hall–Kier alpha value is -0.610. The Kier molecular flexibility index (Phi) is 7.67. The van der Waals surface area contributed by atoms with E-state index in [9.17, 15) is 4.79 Å². The molecule has 21 heavy (non-hydrogen) atoms. The molecule has 124 valence electrons. The Labute approximate surface area is 130 Å². The first kappa shape index (κ1) is 18.4. The van der Waals surface area contributed by atoms with Crippen LogP contribution in [0.4, 0.5) is 0 Å². The molecule has 3 atom stereocenters. The molecule has 0 saturated heterocycles. The SMILES string of the molecule is CCCCCCC(C)OC(C)CC(C)(NC1CC1)C(N)=O. The highest BCUT2D eigenvalue weighted by Crippen LogP contribution is 2.25. The largest absolute Gasteiger partial charge is 0.375 e. The summed E-state index contributed by atoms with van der Waals surface area (Å²) in [7, 11) is 0. The van der Waals surface area contributed by atoms with E-state index in [1.807, 2.05) is 13.8 Å². The zero-order chi connectivity index (χ0) is 15.9. The van der Waals surface area contributed by atoms with Crippen LogP contribution in [0.1, 0.15) is 79.1 Å². The van der Waals surface area contributed by atoms with Gasteiger partial charge in [0.1, 0.15) is 0 Å². The lowest BCUT2D eigenvalue weighted by molar-refractivity contribution is -0.126. The molecule has 1 amide bonds. The fourth-order valence-electron chi connectivity index (χ4n) is 2.86. The van der Waals surface area contributed by atoms with Crippen LogP contribution in [0.25, 0.3) is 0 Å². The van der Waals surface area contributed by atoms with E-state index >= 15 is 0 Å². The molecule has 0 spiro atoms. The highest BCUT2D eigenvalue weighted by molar-refractivity contribution is 5.84. The van der Waals surface area contributed by atoms with E-state index in [0.29, 0.717) is 12.5 Å². The quantitative estimate of drug-likeness (QED) is 0.544. The summed E-state index contributed by atoms with van der Waals surface area (Å²) in [4.78, 5) is 11.8. The second-order valence-electron chi connectivity index (χ2n) is 6.93. The van der Waals surface area contributed by atoms with Gasteiger partial charge in [-0.1, -0.05) is 32.6 Å². The number of carbonyl (C=O) groups excluding carboxylic acids is 1. The number of nitrogens with two attached hydrogens (primary N) is 1. The number of ether oxygens (including phenoxy) is 1. The predicted octanol–water partition coefficient (Wildman–Crippen LogP) is 3.14. The lowest BCUT2D eigenvalue weighted by Crippen LogP contribution is -2.55. The maximum atomic E-state index is 11.8. The Morgan fingerprint density at radius 2 is 1.95 bits per heavy atom. The van der Waals surface area contributed by atoms with Crippen LogP contribution in [-0.2, 0) is 9.53 Å². The molecule has 0 aromatic carbocycles. The normalized spacial score (nSPS) is 20.8. The topological polar surface area (TPSA) is 64.3 Å². The van der Waals surface area contributed by atoms with Crippen LogP contribution in [0.2, 0.25) is 0 Å². The number of amides is 1. The number of nitrogens with one attached hydrogen (secondary N) is 1. The highest BCUT2D eigenvalue weighted by Gasteiger charge is 2.38. The molecule has 1 rings (SSSR count). The van der Waals surface area contributed by atoms with Gasteiger partial charge in [-0.3, -0.25) is 4.79 Å². The average molecular weight is 298 g/mol. The van der Waals surface area contributed by atoms with Crippen molar-refractivity contribution in [2.45, 2.75) is 103 Å². The van der Waals surface area contributed by atoms with Crippen molar-refractivity contribution in [2.24, 2.45) is 5.73 Å². The van der Waals surface area contributed by atoms with Crippen molar-refractivity contribution < 1.29 is 9.53 Å². The first-order valence-electron chi connectivity index (χ1n) is 8.60. The summed E-state index contributed by atoms with van der Waals surface area (Å²) in [6.07, 6.45) is 9.35. The van der Waals surface area contributed by atoms with Crippen LogP contribution < -0.4 is 11.1 Å². The summed E-state index contributed by atoms with van der Waals surface area (Å²) < 4.78 is 6.03. The molecule has 0 heterocycles. The van der Waals surface area contributed by atoms with Gasteiger partial charge in [-0.25, -0.2) is 0 Å². The third-order valence-corrected chi connectivity index (χ3v) is 4.27.